The number of carboxylic acid groups (broad SMARTS) is 2. The molecule has 182 valence electrons. The number of aliphatic carboxylic acids is 2. The van der Waals surface area contributed by atoms with Gasteiger partial charge in [0.15, 0.2) is 0 Å². The quantitative estimate of drug-likeness (QED) is 0.377. The first kappa shape index (κ1) is 27.7. The molecule has 1 aromatic rings. The summed E-state index contributed by atoms with van der Waals surface area (Å²) in [6.45, 7) is 2.20. The number of carboxylic acids is 2. The number of aryl methyl sites for hydroxylation is 1. The van der Waals surface area contributed by atoms with Gasteiger partial charge in [-0.3, -0.25) is 4.79 Å². The van der Waals surface area contributed by atoms with Crippen LogP contribution in [0.3, 0.4) is 0 Å². The third kappa shape index (κ3) is 13.9. The van der Waals surface area contributed by atoms with E-state index in [9.17, 15) is 18.0 Å². The Labute approximate surface area is 187 Å². The SMILES string of the molecule is O=C(O)C(F)(F)F.O=C(O)CCNCCCc1cccc(OCCCC2CCCCC2)c1. The monoisotopic (exact) mass is 461 g/mol. The van der Waals surface area contributed by atoms with E-state index in [4.69, 9.17) is 19.7 Å². The van der Waals surface area contributed by atoms with Crippen molar-refractivity contribution in [2.24, 2.45) is 5.92 Å². The minimum absolute atomic E-state index is 0.185. The van der Waals surface area contributed by atoms with Crippen molar-refractivity contribution in [3.63, 3.8) is 0 Å². The Morgan fingerprint density at radius 1 is 1.06 bits per heavy atom. The molecular formula is C23H34F3NO5. The van der Waals surface area contributed by atoms with E-state index in [1.807, 2.05) is 6.07 Å². The van der Waals surface area contributed by atoms with E-state index >= 15 is 0 Å². The molecule has 1 saturated carbocycles. The number of halogens is 3. The van der Waals surface area contributed by atoms with Crippen molar-refractivity contribution in [1.82, 2.24) is 5.32 Å². The van der Waals surface area contributed by atoms with Gasteiger partial charge in [0.2, 0.25) is 0 Å². The molecule has 0 unspecified atom stereocenters. The second-order valence-corrected chi connectivity index (χ2v) is 7.94. The maximum Gasteiger partial charge on any atom is 0.490 e. The van der Waals surface area contributed by atoms with Crippen molar-refractivity contribution >= 4 is 11.9 Å². The Hall–Kier alpha value is -2.29. The molecule has 0 atom stereocenters. The molecule has 0 heterocycles. The average molecular weight is 462 g/mol. The van der Waals surface area contributed by atoms with Gasteiger partial charge in [0.05, 0.1) is 13.0 Å². The molecule has 0 bridgehead atoms. The van der Waals surface area contributed by atoms with Crippen LogP contribution in [0.5, 0.6) is 5.75 Å². The number of nitrogens with one attached hydrogen (secondary N) is 1. The average Bonchev–Trinajstić information content (AvgIpc) is 2.74. The van der Waals surface area contributed by atoms with E-state index in [1.165, 1.54) is 44.1 Å². The van der Waals surface area contributed by atoms with Crippen molar-refractivity contribution < 1.29 is 37.7 Å². The predicted molar refractivity (Wildman–Crippen MR) is 115 cm³/mol. The molecule has 1 aromatic carbocycles. The lowest BCUT2D eigenvalue weighted by atomic mass is 9.86. The van der Waals surface area contributed by atoms with Crippen molar-refractivity contribution in [2.75, 3.05) is 19.7 Å². The Morgan fingerprint density at radius 2 is 1.75 bits per heavy atom. The molecule has 0 saturated heterocycles. The van der Waals surface area contributed by atoms with Gasteiger partial charge in [0, 0.05) is 6.54 Å². The van der Waals surface area contributed by atoms with Gasteiger partial charge in [-0.05, 0) is 55.8 Å². The third-order valence-electron chi connectivity index (χ3n) is 5.23. The molecule has 9 heteroatoms. The summed E-state index contributed by atoms with van der Waals surface area (Å²) in [5.74, 6) is -1.61. The van der Waals surface area contributed by atoms with E-state index in [0.717, 1.165) is 44.1 Å². The van der Waals surface area contributed by atoms with Crippen LogP contribution in [-0.4, -0.2) is 48.0 Å². The molecule has 2 rings (SSSR count). The number of rotatable bonds is 12. The van der Waals surface area contributed by atoms with Crippen molar-refractivity contribution in [3.8, 4) is 5.75 Å². The highest BCUT2D eigenvalue weighted by atomic mass is 19.4. The van der Waals surface area contributed by atoms with Gasteiger partial charge in [-0.15, -0.1) is 0 Å². The van der Waals surface area contributed by atoms with Gasteiger partial charge >= 0.3 is 18.1 Å². The van der Waals surface area contributed by atoms with Gasteiger partial charge < -0.3 is 20.3 Å². The summed E-state index contributed by atoms with van der Waals surface area (Å²) in [5, 5.41) is 18.9. The van der Waals surface area contributed by atoms with Crippen LogP contribution in [0.25, 0.3) is 0 Å². The Morgan fingerprint density at radius 3 is 2.38 bits per heavy atom. The van der Waals surface area contributed by atoms with Gasteiger partial charge in [0.1, 0.15) is 5.75 Å². The first-order chi connectivity index (χ1) is 15.2. The highest BCUT2D eigenvalue weighted by molar-refractivity contribution is 5.73. The second kappa shape index (κ2) is 15.5. The topological polar surface area (TPSA) is 95.9 Å². The number of alkyl halides is 3. The molecule has 1 aliphatic carbocycles. The van der Waals surface area contributed by atoms with E-state index in [0.29, 0.717) is 6.54 Å². The maximum atomic E-state index is 10.6. The fourth-order valence-corrected chi connectivity index (χ4v) is 3.57. The van der Waals surface area contributed by atoms with Crippen LogP contribution in [0.15, 0.2) is 24.3 Å². The summed E-state index contributed by atoms with van der Waals surface area (Å²) in [4.78, 5) is 19.3. The molecule has 1 fully saturated rings. The van der Waals surface area contributed by atoms with Crippen LogP contribution in [-0.2, 0) is 16.0 Å². The fourth-order valence-electron chi connectivity index (χ4n) is 3.57. The lowest BCUT2D eigenvalue weighted by Gasteiger charge is -2.21. The normalized spacial score (nSPS) is 14.3. The van der Waals surface area contributed by atoms with Crippen LogP contribution in [0, 0.1) is 5.92 Å². The van der Waals surface area contributed by atoms with Gasteiger partial charge in [-0.2, -0.15) is 13.2 Å². The molecule has 1 aliphatic rings. The van der Waals surface area contributed by atoms with Gasteiger partial charge in [-0.1, -0.05) is 44.2 Å². The number of hydrogen-bond acceptors (Lipinski definition) is 4. The smallest absolute Gasteiger partial charge is 0.490 e. The molecule has 0 spiro atoms. The highest BCUT2D eigenvalue weighted by Crippen LogP contribution is 2.27. The molecule has 3 N–H and O–H groups in total. The highest BCUT2D eigenvalue weighted by Gasteiger charge is 2.38. The zero-order valence-electron chi connectivity index (χ0n) is 18.3. The minimum Gasteiger partial charge on any atom is -0.494 e. The summed E-state index contributed by atoms with van der Waals surface area (Å²) < 4.78 is 37.7. The Balaban J connectivity index is 0.000000633. The van der Waals surface area contributed by atoms with Crippen LogP contribution >= 0.6 is 0 Å². The zero-order chi connectivity index (χ0) is 23.8. The van der Waals surface area contributed by atoms with E-state index in [-0.39, 0.29) is 6.42 Å². The summed E-state index contributed by atoms with van der Waals surface area (Å²) in [7, 11) is 0. The lowest BCUT2D eigenvalue weighted by Crippen LogP contribution is -2.21. The van der Waals surface area contributed by atoms with E-state index < -0.39 is 18.1 Å². The number of hydrogen-bond donors (Lipinski definition) is 3. The van der Waals surface area contributed by atoms with Crippen LogP contribution in [0.4, 0.5) is 13.2 Å². The van der Waals surface area contributed by atoms with E-state index in [2.05, 4.69) is 23.5 Å². The number of carbonyl (C=O) groups is 2. The molecule has 6 nitrogen and oxygen atoms in total. The van der Waals surface area contributed by atoms with Crippen LogP contribution in [0.1, 0.15) is 63.4 Å². The summed E-state index contributed by atoms with van der Waals surface area (Å²) in [5.41, 5.74) is 1.28. The van der Waals surface area contributed by atoms with E-state index in [1.54, 1.807) is 0 Å². The van der Waals surface area contributed by atoms with Gasteiger partial charge in [-0.25, -0.2) is 4.79 Å². The maximum absolute atomic E-state index is 10.6. The number of benzene rings is 1. The first-order valence-electron chi connectivity index (χ1n) is 11.1. The second-order valence-electron chi connectivity index (χ2n) is 7.94. The number of ether oxygens (including phenoxy) is 1. The standard InChI is InChI=1S/C21H33NO3.C2HF3O2/c23-21(24)13-15-22-14-5-10-19-9-4-12-20(17-19)25-16-6-11-18-7-2-1-3-8-18;3-2(4,5)1(6)7/h4,9,12,17-18,22H,1-3,5-8,10-11,13-16H2,(H,23,24);(H,6,7). The Kier molecular flexibility index (Phi) is 13.4. The Bertz CT molecular complexity index is 676. The van der Waals surface area contributed by atoms with Crippen LogP contribution < -0.4 is 10.1 Å². The summed E-state index contributed by atoms with van der Waals surface area (Å²) in [6.07, 6.45) is 6.64. The molecule has 32 heavy (non-hydrogen) atoms. The third-order valence-corrected chi connectivity index (χ3v) is 5.23. The largest absolute Gasteiger partial charge is 0.494 e. The molecule has 0 aromatic heterocycles. The molecule has 0 radical (unpaired) electrons. The molecule has 0 aliphatic heterocycles. The van der Waals surface area contributed by atoms with Crippen LogP contribution in [0.2, 0.25) is 0 Å². The predicted octanol–water partition coefficient (Wildman–Crippen LogP) is 5.06. The van der Waals surface area contributed by atoms with Crippen molar-refractivity contribution in [2.45, 2.75) is 70.4 Å². The van der Waals surface area contributed by atoms with Crippen molar-refractivity contribution in [3.05, 3.63) is 29.8 Å². The van der Waals surface area contributed by atoms with Crippen molar-refractivity contribution in [1.29, 1.82) is 0 Å². The summed E-state index contributed by atoms with van der Waals surface area (Å²) >= 11 is 0. The fraction of sp³-hybridized carbons (Fsp3) is 0.652. The molecular weight excluding hydrogens is 427 g/mol. The molecule has 0 amide bonds. The summed E-state index contributed by atoms with van der Waals surface area (Å²) in [6, 6.07) is 8.36. The minimum atomic E-state index is -5.08. The van der Waals surface area contributed by atoms with Gasteiger partial charge in [0.25, 0.3) is 0 Å². The first-order valence-corrected chi connectivity index (χ1v) is 11.1. The lowest BCUT2D eigenvalue weighted by molar-refractivity contribution is -0.192. The zero-order valence-corrected chi connectivity index (χ0v) is 18.3.